The molecule has 0 fully saturated rings. The second-order valence-corrected chi connectivity index (χ2v) is 4.50. The van der Waals surface area contributed by atoms with Gasteiger partial charge in [-0.1, -0.05) is 0 Å². The summed E-state index contributed by atoms with van der Waals surface area (Å²) in [6.45, 7) is 4.87. The molecule has 0 heterocycles. The second-order valence-electron chi connectivity index (χ2n) is 3.64. The molecule has 1 aromatic rings. The molecule has 1 rings (SSSR count). The number of amides is 1. The van der Waals surface area contributed by atoms with E-state index in [0.717, 1.165) is 0 Å². The number of carbonyl (C=O) groups is 1. The quantitative estimate of drug-likeness (QED) is 0.877. The van der Waals surface area contributed by atoms with Crippen molar-refractivity contribution < 1.29 is 14.6 Å². The van der Waals surface area contributed by atoms with Gasteiger partial charge in [0.25, 0.3) is 5.91 Å². The summed E-state index contributed by atoms with van der Waals surface area (Å²) in [5, 5.41) is 12.2. The van der Waals surface area contributed by atoms with Crippen molar-refractivity contribution in [1.29, 1.82) is 0 Å². The highest BCUT2D eigenvalue weighted by molar-refractivity contribution is 9.10. The molecule has 17 heavy (non-hydrogen) atoms. The lowest BCUT2D eigenvalue weighted by atomic mass is 10.2. The van der Waals surface area contributed by atoms with Crippen LogP contribution in [-0.2, 0) is 4.74 Å². The highest BCUT2D eigenvalue weighted by atomic mass is 79.9. The van der Waals surface area contributed by atoms with Gasteiger partial charge in [-0.25, -0.2) is 0 Å². The van der Waals surface area contributed by atoms with Crippen molar-refractivity contribution in [1.82, 2.24) is 5.32 Å². The molecule has 0 aliphatic rings. The molecule has 2 N–H and O–H groups in total. The third-order valence-corrected chi connectivity index (χ3v) is 2.88. The fourth-order valence-electron chi connectivity index (χ4n) is 1.34. The molecular weight excluding hydrogens is 286 g/mol. The van der Waals surface area contributed by atoms with Crippen molar-refractivity contribution in [2.24, 2.45) is 0 Å². The largest absolute Gasteiger partial charge is 0.507 e. The summed E-state index contributed by atoms with van der Waals surface area (Å²) >= 11 is 3.16. The Kier molecular flexibility index (Phi) is 5.44. The van der Waals surface area contributed by atoms with Crippen LogP contribution < -0.4 is 5.32 Å². The van der Waals surface area contributed by atoms with Gasteiger partial charge >= 0.3 is 0 Å². The Morgan fingerprint density at radius 3 is 2.88 bits per heavy atom. The maximum atomic E-state index is 11.7. The first kappa shape index (κ1) is 14.0. The van der Waals surface area contributed by atoms with E-state index in [1.165, 1.54) is 6.07 Å². The normalized spacial score (nSPS) is 12.2. The molecule has 0 aliphatic heterocycles. The fourth-order valence-corrected chi connectivity index (χ4v) is 1.58. The number of hydrogen-bond donors (Lipinski definition) is 2. The smallest absolute Gasteiger partial charge is 0.251 e. The van der Waals surface area contributed by atoms with E-state index in [1.807, 2.05) is 13.8 Å². The molecule has 0 bridgehead atoms. The zero-order valence-corrected chi connectivity index (χ0v) is 11.5. The minimum atomic E-state index is -0.223. The summed E-state index contributed by atoms with van der Waals surface area (Å²) in [4.78, 5) is 11.7. The average Bonchev–Trinajstić information content (AvgIpc) is 2.30. The Morgan fingerprint density at radius 1 is 1.59 bits per heavy atom. The van der Waals surface area contributed by atoms with Gasteiger partial charge in [-0.2, -0.15) is 0 Å². The second kappa shape index (κ2) is 6.61. The molecule has 1 amide bonds. The maximum absolute atomic E-state index is 11.7. The highest BCUT2D eigenvalue weighted by Crippen LogP contribution is 2.24. The average molecular weight is 302 g/mol. The van der Waals surface area contributed by atoms with E-state index >= 15 is 0 Å². The molecule has 0 saturated carbocycles. The van der Waals surface area contributed by atoms with Crippen molar-refractivity contribution in [2.45, 2.75) is 20.0 Å². The molecule has 0 saturated heterocycles. The van der Waals surface area contributed by atoms with Gasteiger partial charge in [0.05, 0.1) is 10.6 Å². The van der Waals surface area contributed by atoms with Crippen LogP contribution in [0.3, 0.4) is 0 Å². The van der Waals surface area contributed by atoms with Crippen LogP contribution in [-0.4, -0.2) is 30.3 Å². The van der Waals surface area contributed by atoms with Gasteiger partial charge in [0, 0.05) is 18.7 Å². The molecule has 1 atom stereocenters. The number of ether oxygens (including phenoxy) is 1. The van der Waals surface area contributed by atoms with E-state index in [-0.39, 0.29) is 17.8 Å². The SMILES string of the molecule is CCOC(C)CNC(=O)c1ccc(Br)c(O)c1. The van der Waals surface area contributed by atoms with Crippen molar-refractivity contribution in [3.63, 3.8) is 0 Å². The summed E-state index contributed by atoms with van der Waals surface area (Å²) < 4.78 is 5.87. The van der Waals surface area contributed by atoms with Crippen LogP contribution in [0, 0.1) is 0 Å². The van der Waals surface area contributed by atoms with Crippen molar-refractivity contribution >= 4 is 21.8 Å². The number of halogens is 1. The Hall–Kier alpha value is -1.07. The molecule has 0 spiro atoms. The van der Waals surface area contributed by atoms with Crippen molar-refractivity contribution in [2.75, 3.05) is 13.2 Å². The maximum Gasteiger partial charge on any atom is 0.251 e. The number of phenolic OH excluding ortho intramolecular Hbond substituents is 1. The first-order valence-electron chi connectivity index (χ1n) is 5.43. The van der Waals surface area contributed by atoms with E-state index in [9.17, 15) is 9.90 Å². The summed E-state index contributed by atoms with van der Waals surface area (Å²) in [5.41, 5.74) is 0.425. The van der Waals surface area contributed by atoms with E-state index in [1.54, 1.807) is 12.1 Å². The Balaban J connectivity index is 2.55. The third-order valence-electron chi connectivity index (χ3n) is 2.21. The van der Waals surface area contributed by atoms with Crippen LogP contribution in [0.15, 0.2) is 22.7 Å². The van der Waals surface area contributed by atoms with Gasteiger partial charge in [0.15, 0.2) is 0 Å². The minimum absolute atomic E-state index is 0.0204. The van der Waals surface area contributed by atoms with Crippen LogP contribution in [0.5, 0.6) is 5.75 Å². The van der Waals surface area contributed by atoms with Gasteiger partial charge in [-0.3, -0.25) is 4.79 Å². The lowest BCUT2D eigenvalue weighted by Crippen LogP contribution is -2.32. The Labute approximate surface area is 109 Å². The number of phenols is 1. The predicted octanol–water partition coefficient (Wildman–Crippen LogP) is 2.31. The summed E-state index contributed by atoms with van der Waals surface area (Å²) in [7, 11) is 0. The fraction of sp³-hybridized carbons (Fsp3) is 0.417. The summed E-state index contributed by atoms with van der Waals surface area (Å²) in [6, 6.07) is 4.70. The lowest BCUT2D eigenvalue weighted by molar-refractivity contribution is 0.0695. The lowest BCUT2D eigenvalue weighted by Gasteiger charge is -2.12. The zero-order chi connectivity index (χ0) is 12.8. The third kappa shape index (κ3) is 4.36. The number of benzene rings is 1. The Bertz CT molecular complexity index is 395. The van der Waals surface area contributed by atoms with Crippen molar-refractivity contribution in [3.8, 4) is 5.75 Å². The monoisotopic (exact) mass is 301 g/mol. The topological polar surface area (TPSA) is 58.6 Å². The predicted molar refractivity (Wildman–Crippen MR) is 69.2 cm³/mol. The van der Waals surface area contributed by atoms with Gasteiger partial charge in [0.1, 0.15) is 5.75 Å². The van der Waals surface area contributed by atoms with Crippen LogP contribution >= 0.6 is 15.9 Å². The first-order chi connectivity index (χ1) is 8.04. The zero-order valence-electron chi connectivity index (χ0n) is 9.87. The van der Waals surface area contributed by atoms with Crippen LogP contribution in [0.25, 0.3) is 0 Å². The first-order valence-corrected chi connectivity index (χ1v) is 6.22. The Morgan fingerprint density at radius 2 is 2.29 bits per heavy atom. The summed E-state index contributed by atoms with van der Waals surface area (Å²) in [6.07, 6.45) is -0.0204. The standard InChI is InChI=1S/C12H16BrNO3/c1-3-17-8(2)7-14-12(16)9-4-5-10(13)11(15)6-9/h4-6,8,15H,3,7H2,1-2H3,(H,14,16). The van der Waals surface area contributed by atoms with Gasteiger partial charge in [0.2, 0.25) is 0 Å². The van der Waals surface area contributed by atoms with Gasteiger partial charge < -0.3 is 15.2 Å². The van der Waals surface area contributed by atoms with E-state index in [2.05, 4.69) is 21.2 Å². The summed E-state index contributed by atoms with van der Waals surface area (Å²) in [5.74, 6) is -0.171. The molecule has 94 valence electrons. The van der Waals surface area contributed by atoms with Crippen LogP contribution in [0.4, 0.5) is 0 Å². The molecule has 1 aromatic carbocycles. The molecule has 5 heteroatoms. The molecule has 0 aliphatic carbocycles. The van der Waals surface area contributed by atoms with E-state index in [4.69, 9.17) is 4.74 Å². The van der Waals surface area contributed by atoms with Gasteiger partial charge in [-0.05, 0) is 48.0 Å². The molecular formula is C12H16BrNO3. The van der Waals surface area contributed by atoms with E-state index < -0.39 is 0 Å². The number of rotatable bonds is 5. The molecule has 0 radical (unpaired) electrons. The molecule has 4 nitrogen and oxygen atoms in total. The van der Waals surface area contributed by atoms with Crippen LogP contribution in [0.1, 0.15) is 24.2 Å². The van der Waals surface area contributed by atoms with Crippen molar-refractivity contribution in [3.05, 3.63) is 28.2 Å². The number of nitrogens with one attached hydrogen (secondary N) is 1. The molecule has 0 aromatic heterocycles. The van der Waals surface area contributed by atoms with E-state index in [0.29, 0.717) is 23.2 Å². The number of carbonyl (C=O) groups excluding carboxylic acids is 1. The number of hydrogen-bond acceptors (Lipinski definition) is 3. The van der Waals surface area contributed by atoms with Gasteiger partial charge in [-0.15, -0.1) is 0 Å². The molecule has 1 unspecified atom stereocenters. The van der Waals surface area contributed by atoms with Crippen LogP contribution in [0.2, 0.25) is 0 Å². The highest BCUT2D eigenvalue weighted by Gasteiger charge is 2.09. The number of aromatic hydroxyl groups is 1. The minimum Gasteiger partial charge on any atom is -0.507 e.